The summed E-state index contributed by atoms with van der Waals surface area (Å²) in [6.07, 6.45) is 8.96. The van der Waals surface area contributed by atoms with Crippen molar-refractivity contribution in [2.45, 2.75) is 18.8 Å². The van der Waals surface area contributed by atoms with E-state index in [-0.39, 0.29) is 11.8 Å². The van der Waals surface area contributed by atoms with E-state index in [2.05, 4.69) is 4.98 Å². The quantitative estimate of drug-likeness (QED) is 0.550. The van der Waals surface area contributed by atoms with Crippen molar-refractivity contribution in [2.75, 3.05) is 13.1 Å². The molecule has 1 aliphatic heterocycles. The lowest BCUT2D eigenvalue weighted by Gasteiger charge is -2.30. The molecule has 4 aromatic rings. The Morgan fingerprint density at radius 3 is 2.82 bits per heavy atom. The minimum Gasteiger partial charge on any atom is -0.459 e. The molecule has 0 N–H and O–H groups in total. The van der Waals surface area contributed by atoms with Gasteiger partial charge in [-0.3, -0.25) is 9.78 Å². The summed E-state index contributed by atoms with van der Waals surface area (Å²) in [4.78, 5) is 23.2. The van der Waals surface area contributed by atoms with Crippen LogP contribution in [0.1, 0.15) is 35.1 Å². The van der Waals surface area contributed by atoms with Crippen LogP contribution < -0.4 is 0 Å². The van der Waals surface area contributed by atoms with Crippen LogP contribution in [0.25, 0.3) is 16.8 Å². The zero-order valence-corrected chi connectivity index (χ0v) is 15.2. The van der Waals surface area contributed by atoms with E-state index in [1.807, 2.05) is 39.9 Å². The van der Waals surface area contributed by atoms with Gasteiger partial charge in [0.05, 0.1) is 6.26 Å². The third-order valence-corrected chi connectivity index (χ3v) is 5.17. The number of hydrogen-bond donors (Lipinski definition) is 0. The van der Waals surface area contributed by atoms with Gasteiger partial charge in [0.25, 0.3) is 5.91 Å². The lowest BCUT2D eigenvalue weighted by atomic mass is 9.97. The number of carbonyl (C=O) groups excluding carboxylic acids is 1. The Labute approximate surface area is 161 Å². The van der Waals surface area contributed by atoms with Gasteiger partial charge < -0.3 is 9.32 Å². The predicted molar refractivity (Wildman–Crippen MR) is 103 cm³/mol. The maximum atomic E-state index is 12.6. The molecule has 5 heterocycles. The molecular formula is C21H19N5O2. The minimum atomic E-state index is -0.0709. The predicted octanol–water partition coefficient (Wildman–Crippen LogP) is 3.40. The number of carbonyl (C=O) groups is 1. The molecule has 7 nitrogen and oxygen atoms in total. The summed E-state index contributed by atoms with van der Waals surface area (Å²) in [7, 11) is 0. The van der Waals surface area contributed by atoms with Crippen molar-refractivity contribution in [3.05, 3.63) is 72.8 Å². The van der Waals surface area contributed by atoms with Crippen LogP contribution in [-0.2, 0) is 0 Å². The van der Waals surface area contributed by atoms with Crippen molar-refractivity contribution in [2.24, 2.45) is 0 Å². The summed E-state index contributed by atoms with van der Waals surface area (Å²) in [5, 5.41) is 4.71. The van der Waals surface area contributed by atoms with Gasteiger partial charge in [0.2, 0.25) is 0 Å². The van der Waals surface area contributed by atoms with E-state index < -0.39 is 0 Å². The molecule has 28 heavy (non-hydrogen) atoms. The second-order valence-electron chi connectivity index (χ2n) is 6.99. The van der Waals surface area contributed by atoms with Crippen molar-refractivity contribution < 1.29 is 9.21 Å². The zero-order chi connectivity index (χ0) is 18.9. The highest BCUT2D eigenvalue weighted by molar-refractivity contribution is 5.91. The Kier molecular flexibility index (Phi) is 4.12. The molecule has 4 aromatic heterocycles. The van der Waals surface area contributed by atoms with E-state index in [1.54, 1.807) is 24.5 Å². The first-order valence-electron chi connectivity index (χ1n) is 9.37. The summed E-state index contributed by atoms with van der Waals surface area (Å²) >= 11 is 0. The summed E-state index contributed by atoms with van der Waals surface area (Å²) in [6, 6.07) is 11.4. The fraction of sp³-hybridized carbons (Fsp3) is 0.238. The monoisotopic (exact) mass is 373 g/mol. The molecule has 1 atom stereocenters. The SMILES string of the molecule is O=C(c1ccco1)N1CCCC(c2nc3ccc(-c4ccncc4)cn3n2)C1. The van der Waals surface area contributed by atoms with Gasteiger partial charge in [0.15, 0.2) is 17.2 Å². The standard InChI is InChI=1S/C21H19N5O2/c27-21(18-4-2-12-28-18)25-11-1-3-17(13-25)20-23-19-6-5-16(14-26(19)24-20)15-7-9-22-10-8-15/h2,4-10,12,14,17H,1,3,11,13H2. The van der Waals surface area contributed by atoms with Crippen molar-refractivity contribution in [1.82, 2.24) is 24.5 Å². The highest BCUT2D eigenvalue weighted by atomic mass is 16.3. The number of hydrogen-bond acceptors (Lipinski definition) is 5. The van der Waals surface area contributed by atoms with Crippen LogP contribution in [0.3, 0.4) is 0 Å². The average molecular weight is 373 g/mol. The van der Waals surface area contributed by atoms with E-state index in [1.165, 1.54) is 6.26 Å². The van der Waals surface area contributed by atoms with Crippen molar-refractivity contribution in [1.29, 1.82) is 0 Å². The summed E-state index contributed by atoms with van der Waals surface area (Å²) in [5.41, 5.74) is 2.95. The Balaban J connectivity index is 1.40. The smallest absolute Gasteiger partial charge is 0.289 e. The van der Waals surface area contributed by atoms with Crippen LogP contribution in [0, 0.1) is 0 Å². The number of rotatable bonds is 3. The van der Waals surface area contributed by atoms with Crippen LogP contribution in [0.4, 0.5) is 0 Å². The van der Waals surface area contributed by atoms with E-state index in [0.29, 0.717) is 12.3 Å². The van der Waals surface area contributed by atoms with Gasteiger partial charge in [-0.05, 0) is 54.8 Å². The lowest BCUT2D eigenvalue weighted by molar-refractivity contribution is 0.0672. The van der Waals surface area contributed by atoms with Gasteiger partial charge in [0, 0.05) is 43.2 Å². The maximum absolute atomic E-state index is 12.6. The second kappa shape index (κ2) is 6.92. The Morgan fingerprint density at radius 2 is 2.00 bits per heavy atom. The topological polar surface area (TPSA) is 76.5 Å². The fourth-order valence-corrected chi connectivity index (χ4v) is 3.72. The van der Waals surface area contributed by atoms with Crippen molar-refractivity contribution in [3.8, 4) is 11.1 Å². The number of furan rings is 1. The van der Waals surface area contributed by atoms with Crippen LogP contribution in [-0.4, -0.2) is 43.5 Å². The Bertz CT molecular complexity index is 1100. The molecule has 1 amide bonds. The van der Waals surface area contributed by atoms with Gasteiger partial charge in [-0.15, -0.1) is 0 Å². The Morgan fingerprint density at radius 1 is 1.11 bits per heavy atom. The average Bonchev–Trinajstić information content (AvgIpc) is 3.43. The molecule has 140 valence electrons. The lowest BCUT2D eigenvalue weighted by Crippen LogP contribution is -2.39. The van der Waals surface area contributed by atoms with Gasteiger partial charge in [-0.1, -0.05) is 0 Å². The van der Waals surface area contributed by atoms with Crippen LogP contribution in [0.15, 0.2) is 65.7 Å². The van der Waals surface area contributed by atoms with Gasteiger partial charge in [-0.2, -0.15) is 5.10 Å². The molecule has 0 bridgehead atoms. The highest BCUT2D eigenvalue weighted by Crippen LogP contribution is 2.27. The molecule has 1 unspecified atom stereocenters. The van der Waals surface area contributed by atoms with Crippen LogP contribution in [0.2, 0.25) is 0 Å². The number of likely N-dealkylation sites (tertiary alicyclic amines) is 1. The minimum absolute atomic E-state index is 0.0709. The molecule has 1 aliphatic rings. The van der Waals surface area contributed by atoms with Gasteiger partial charge >= 0.3 is 0 Å². The van der Waals surface area contributed by atoms with Crippen molar-refractivity contribution in [3.63, 3.8) is 0 Å². The molecule has 1 saturated heterocycles. The van der Waals surface area contributed by atoms with Gasteiger partial charge in [-0.25, -0.2) is 9.50 Å². The number of aromatic nitrogens is 4. The summed E-state index contributed by atoms with van der Waals surface area (Å²) < 4.78 is 7.08. The van der Waals surface area contributed by atoms with E-state index in [0.717, 1.165) is 42.0 Å². The highest BCUT2D eigenvalue weighted by Gasteiger charge is 2.29. The number of pyridine rings is 2. The largest absolute Gasteiger partial charge is 0.459 e. The number of fused-ring (bicyclic) bond motifs is 1. The van der Waals surface area contributed by atoms with E-state index >= 15 is 0 Å². The molecule has 0 spiro atoms. The summed E-state index contributed by atoms with van der Waals surface area (Å²) in [5.74, 6) is 1.21. The normalized spacial score (nSPS) is 17.1. The van der Waals surface area contributed by atoms with Gasteiger partial charge in [0.1, 0.15) is 0 Å². The number of nitrogens with zero attached hydrogens (tertiary/aromatic N) is 5. The third kappa shape index (κ3) is 3.05. The number of piperidine rings is 1. The number of amides is 1. The van der Waals surface area contributed by atoms with Crippen LogP contribution in [0.5, 0.6) is 0 Å². The molecule has 7 heteroatoms. The first-order valence-corrected chi connectivity index (χ1v) is 9.37. The molecule has 1 fully saturated rings. The van der Waals surface area contributed by atoms with Crippen LogP contribution >= 0.6 is 0 Å². The van der Waals surface area contributed by atoms with E-state index in [4.69, 9.17) is 14.5 Å². The Hall–Kier alpha value is -3.48. The molecule has 0 aliphatic carbocycles. The second-order valence-corrected chi connectivity index (χ2v) is 6.99. The first kappa shape index (κ1) is 16.7. The maximum Gasteiger partial charge on any atom is 0.289 e. The molecule has 0 saturated carbocycles. The van der Waals surface area contributed by atoms with E-state index in [9.17, 15) is 4.79 Å². The van der Waals surface area contributed by atoms with Crippen molar-refractivity contribution >= 4 is 11.6 Å². The molecule has 0 aromatic carbocycles. The summed E-state index contributed by atoms with van der Waals surface area (Å²) in [6.45, 7) is 1.34. The molecular weight excluding hydrogens is 354 g/mol. The molecule has 5 rings (SSSR count). The third-order valence-electron chi connectivity index (χ3n) is 5.17. The fourth-order valence-electron chi connectivity index (χ4n) is 3.72. The first-order chi connectivity index (χ1) is 13.8. The zero-order valence-electron chi connectivity index (χ0n) is 15.2. The molecule has 0 radical (unpaired) electrons.